The zero-order valence-electron chi connectivity index (χ0n) is 13.0. The number of hydrogen-bond acceptors (Lipinski definition) is 4. The van der Waals surface area contributed by atoms with Crippen LogP contribution >= 0.6 is 11.6 Å². The van der Waals surface area contributed by atoms with Crippen LogP contribution in [-0.2, 0) is 11.3 Å². The highest BCUT2D eigenvalue weighted by atomic mass is 35.5. The molecule has 0 bridgehead atoms. The fraction of sp³-hybridized carbons (Fsp3) is 0.235. The molecule has 0 saturated carbocycles. The molecule has 2 N–H and O–H groups in total. The Balaban J connectivity index is 1.65. The molecule has 0 atom stereocenters. The van der Waals surface area contributed by atoms with Crippen molar-refractivity contribution in [3.05, 3.63) is 69.2 Å². The number of hydrogen-bond donors (Lipinski definition) is 2. The first-order chi connectivity index (χ1) is 11.6. The molecule has 0 aliphatic heterocycles. The molecule has 0 aromatic heterocycles. The topological polar surface area (TPSA) is 84.3 Å². The maximum atomic E-state index is 11.8. The lowest BCUT2D eigenvalue weighted by molar-refractivity contribution is -0.384. The predicted octanol–water partition coefficient (Wildman–Crippen LogP) is 3.76. The van der Waals surface area contributed by atoms with Gasteiger partial charge in [0, 0.05) is 42.4 Å². The molecule has 0 unspecified atom stereocenters. The van der Waals surface area contributed by atoms with Gasteiger partial charge in [-0.25, -0.2) is 0 Å². The van der Waals surface area contributed by atoms with Crippen LogP contribution in [0.15, 0.2) is 48.5 Å². The van der Waals surface area contributed by atoms with E-state index in [1.54, 1.807) is 18.2 Å². The lowest BCUT2D eigenvalue weighted by atomic mass is 10.2. The van der Waals surface area contributed by atoms with Gasteiger partial charge in [0.2, 0.25) is 5.91 Å². The minimum Gasteiger partial charge on any atom is -0.385 e. The molecule has 0 saturated heterocycles. The number of benzene rings is 2. The Morgan fingerprint density at radius 2 is 1.83 bits per heavy atom. The Morgan fingerprint density at radius 3 is 2.50 bits per heavy atom. The van der Waals surface area contributed by atoms with E-state index in [4.69, 9.17) is 11.6 Å². The standard InChI is InChI=1S/C17H18ClN3O3/c18-16-5-2-1-4-13(16)12-20-17(22)6-3-11-19-14-7-9-15(10-8-14)21(23)24/h1-2,4-5,7-10,19H,3,6,11-12H2,(H,20,22). The van der Waals surface area contributed by atoms with Crippen molar-refractivity contribution in [2.75, 3.05) is 11.9 Å². The average Bonchev–Trinajstić information content (AvgIpc) is 2.58. The van der Waals surface area contributed by atoms with E-state index >= 15 is 0 Å². The number of anilines is 1. The molecule has 2 aromatic carbocycles. The minimum absolute atomic E-state index is 0.0413. The van der Waals surface area contributed by atoms with Crippen molar-refractivity contribution in [2.45, 2.75) is 19.4 Å². The number of halogens is 1. The summed E-state index contributed by atoms with van der Waals surface area (Å²) >= 11 is 6.03. The van der Waals surface area contributed by atoms with E-state index in [-0.39, 0.29) is 11.6 Å². The number of nitrogens with one attached hydrogen (secondary N) is 2. The number of carbonyl (C=O) groups excluding carboxylic acids is 1. The second-order valence-corrected chi connectivity index (χ2v) is 5.61. The second kappa shape index (κ2) is 8.88. The van der Waals surface area contributed by atoms with E-state index in [1.807, 2.05) is 18.2 Å². The van der Waals surface area contributed by atoms with Crippen LogP contribution in [-0.4, -0.2) is 17.4 Å². The monoisotopic (exact) mass is 347 g/mol. The smallest absolute Gasteiger partial charge is 0.269 e. The first-order valence-electron chi connectivity index (χ1n) is 7.54. The third kappa shape index (κ3) is 5.55. The first kappa shape index (κ1) is 17.7. The second-order valence-electron chi connectivity index (χ2n) is 5.20. The van der Waals surface area contributed by atoms with Crippen molar-refractivity contribution < 1.29 is 9.72 Å². The highest BCUT2D eigenvalue weighted by Gasteiger charge is 2.05. The summed E-state index contributed by atoms with van der Waals surface area (Å²) in [5.74, 6) is -0.0413. The number of rotatable bonds is 8. The molecule has 0 spiro atoms. The summed E-state index contributed by atoms with van der Waals surface area (Å²) in [6, 6.07) is 13.6. The van der Waals surface area contributed by atoms with Crippen LogP contribution in [0.1, 0.15) is 18.4 Å². The van der Waals surface area contributed by atoms with Gasteiger partial charge in [0.1, 0.15) is 0 Å². The molecule has 0 aliphatic carbocycles. The molecule has 7 heteroatoms. The van der Waals surface area contributed by atoms with Crippen LogP contribution in [0.4, 0.5) is 11.4 Å². The SMILES string of the molecule is O=C(CCCNc1ccc([N+](=O)[O-])cc1)NCc1ccccc1Cl. The maximum absolute atomic E-state index is 11.8. The van der Waals surface area contributed by atoms with Crippen LogP contribution in [0, 0.1) is 10.1 Å². The average molecular weight is 348 g/mol. The van der Waals surface area contributed by atoms with Gasteiger partial charge in [-0.2, -0.15) is 0 Å². The molecule has 0 heterocycles. The van der Waals surface area contributed by atoms with Crippen LogP contribution in [0.2, 0.25) is 5.02 Å². The summed E-state index contributed by atoms with van der Waals surface area (Å²) < 4.78 is 0. The van der Waals surface area contributed by atoms with Gasteiger partial charge in [-0.3, -0.25) is 14.9 Å². The Bertz CT molecular complexity index is 704. The Morgan fingerprint density at radius 1 is 1.12 bits per heavy atom. The van der Waals surface area contributed by atoms with E-state index in [0.717, 1.165) is 11.3 Å². The van der Waals surface area contributed by atoms with Crippen molar-refractivity contribution in [3.8, 4) is 0 Å². The van der Waals surface area contributed by atoms with Gasteiger partial charge in [0.15, 0.2) is 0 Å². The maximum Gasteiger partial charge on any atom is 0.269 e. The normalized spacial score (nSPS) is 10.2. The van der Waals surface area contributed by atoms with Gasteiger partial charge < -0.3 is 10.6 Å². The molecule has 24 heavy (non-hydrogen) atoms. The molecule has 0 fully saturated rings. The number of nitrogens with zero attached hydrogens (tertiary/aromatic N) is 1. The predicted molar refractivity (Wildman–Crippen MR) is 94.1 cm³/mol. The van der Waals surface area contributed by atoms with Crippen molar-refractivity contribution >= 4 is 28.9 Å². The summed E-state index contributed by atoms with van der Waals surface area (Å²) in [5.41, 5.74) is 1.73. The summed E-state index contributed by atoms with van der Waals surface area (Å²) in [6.07, 6.45) is 1.05. The Kier molecular flexibility index (Phi) is 6.57. The summed E-state index contributed by atoms with van der Waals surface area (Å²) in [5, 5.41) is 17.2. The number of nitro benzene ring substituents is 1. The van der Waals surface area contributed by atoms with E-state index in [0.29, 0.717) is 31.0 Å². The summed E-state index contributed by atoms with van der Waals surface area (Å²) in [6.45, 7) is 1.02. The number of non-ortho nitro benzene ring substituents is 1. The van der Waals surface area contributed by atoms with Gasteiger partial charge in [-0.15, -0.1) is 0 Å². The molecule has 0 radical (unpaired) electrons. The molecule has 126 valence electrons. The fourth-order valence-electron chi connectivity index (χ4n) is 2.11. The minimum atomic E-state index is -0.437. The van der Waals surface area contributed by atoms with Crippen LogP contribution in [0.5, 0.6) is 0 Å². The van der Waals surface area contributed by atoms with Crippen LogP contribution in [0.25, 0.3) is 0 Å². The van der Waals surface area contributed by atoms with E-state index in [9.17, 15) is 14.9 Å². The molecule has 2 aromatic rings. The Hall–Kier alpha value is -2.60. The Labute approximate surface area is 145 Å². The third-order valence-corrected chi connectivity index (χ3v) is 3.79. The van der Waals surface area contributed by atoms with Crippen molar-refractivity contribution in [1.29, 1.82) is 0 Å². The highest BCUT2D eigenvalue weighted by molar-refractivity contribution is 6.31. The summed E-state index contributed by atoms with van der Waals surface area (Å²) in [4.78, 5) is 21.9. The number of carbonyl (C=O) groups is 1. The van der Waals surface area contributed by atoms with Gasteiger partial charge >= 0.3 is 0 Å². The van der Waals surface area contributed by atoms with Crippen molar-refractivity contribution in [3.63, 3.8) is 0 Å². The van der Waals surface area contributed by atoms with Crippen molar-refractivity contribution in [2.24, 2.45) is 0 Å². The molecule has 6 nitrogen and oxygen atoms in total. The highest BCUT2D eigenvalue weighted by Crippen LogP contribution is 2.16. The quantitative estimate of drug-likeness (QED) is 0.432. The molecular formula is C17H18ClN3O3. The molecular weight excluding hydrogens is 330 g/mol. The largest absolute Gasteiger partial charge is 0.385 e. The number of amides is 1. The lowest BCUT2D eigenvalue weighted by Gasteiger charge is -2.08. The zero-order valence-corrected chi connectivity index (χ0v) is 13.8. The van der Waals surface area contributed by atoms with E-state index in [2.05, 4.69) is 10.6 Å². The van der Waals surface area contributed by atoms with E-state index < -0.39 is 4.92 Å². The molecule has 2 rings (SSSR count). The zero-order chi connectivity index (χ0) is 17.4. The van der Waals surface area contributed by atoms with Crippen LogP contribution < -0.4 is 10.6 Å². The van der Waals surface area contributed by atoms with Gasteiger partial charge in [0.05, 0.1) is 4.92 Å². The fourth-order valence-corrected chi connectivity index (χ4v) is 2.31. The van der Waals surface area contributed by atoms with E-state index in [1.165, 1.54) is 12.1 Å². The third-order valence-electron chi connectivity index (χ3n) is 3.42. The first-order valence-corrected chi connectivity index (χ1v) is 7.92. The number of nitro groups is 1. The van der Waals surface area contributed by atoms with Gasteiger partial charge in [-0.05, 0) is 30.2 Å². The van der Waals surface area contributed by atoms with Crippen LogP contribution in [0.3, 0.4) is 0 Å². The lowest BCUT2D eigenvalue weighted by Crippen LogP contribution is -2.23. The molecule has 1 amide bonds. The van der Waals surface area contributed by atoms with Gasteiger partial charge in [-0.1, -0.05) is 29.8 Å². The molecule has 0 aliphatic rings. The van der Waals surface area contributed by atoms with Crippen molar-refractivity contribution in [1.82, 2.24) is 5.32 Å². The summed E-state index contributed by atoms with van der Waals surface area (Å²) in [7, 11) is 0. The van der Waals surface area contributed by atoms with Gasteiger partial charge in [0.25, 0.3) is 5.69 Å².